The Morgan fingerprint density at radius 1 is 1.37 bits per heavy atom. The number of hydrogen-bond donors (Lipinski definition) is 3. The zero-order valence-corrected chi connectivity index (χ0v) is 10.4. The molecule has 0 saturated carbocycles. The summed E-state index contributed by atoms with van der Waals surface area (Å²) in [6, 6.07) is 6.89. The molecule has 6 heteroatoms. The third-order valence-corrected chi connectivity index (χ3v) is 2.92. The van der Waals surface area contributed by atoms with Crippen molar-refractivity contribution >= 4 is 5.91 Å². The van der Waals surface area contributed by atoms with Crippen molar-refractivity contribution in [1.82, 2.24) is 0 Å². The standard InChI is InChI=1S/C13H17NO5/c14-11(16)7-10(15)12(17)8-2-1-3-9(6-8)13-18-4-5-19-13/h1-3,6,10,12-13,15,17H,4-5,7H2,(H2,14,16). The Hall–Kier alpha value is -1.47. The van der Waals surface area contributed by atoms with Gasteiger partial charge in [0.15, 0.2) is 6.29 Å². The van der Waals surface area contributed by atoms with Gasteiger partial charge in [-0.15, -0.1) is 0 Å². The normalized spacial score (nSPS) is 19.3. The molecule has 1 amide bonds. The molecule has 1 aliphatic rings. The number of benzene rings is 1. The lowest BCUT2D eigenvalue weighted by Crippen LogP contribution is -2.25. The van der Waals surface area contributed by atoms with Crippen molar-refractivity contribution in [3.63, 3.8) is 0 Å². The van der Waals surface area contributed by atoms with Gasteiger partial charge in [-0.25, -0.2) is 0 Å². The average molecular weight is 267 g/mol. The van der Waals surface area contributed by atoms with Gasteiger partial charge in [0, 0.05) is 5.56 Å². The molecule has 1 saturated heterocycles. The summed E-state index contributed by atoms with van der Waals surface area (Å²) in [5.41, 5.74) is 6.24. The van der Waals surface area contributed by atoms with Crippen LogP contribution in [0.2, 0.25) is 0 Å². The van der Waals surface area contributed by atoms with Gasteiger partial charge in [-0.3, -0.25) is 4.79 Å². The molecule has 1 aliphatic heterocycles. The second-order valence-corrected chi connectivity index (χ2v) is 4.43. The number of nitrogens with two attached hydrogens (primary N) is 1. The highest BCUT2D eigenvalue weighted by Gasteiger charge is 2.23. The minimum Gasteiger partial charge on any atom is -0.390 e. The summed E-state index contributed by atoms with van der Waals surface area (Å²) in [6.07, 6.45) is -3.13. The van der Waals surface area contributed by atoms with Gasteiger partial charge in [0.2, 0.25) is 5.91 Å². The number of amides is 1. The average Bonchev–Trinajstić information content (AvgIpc) is 2.91. The van der Waals surface area contributed by atoms with Crippen molar-refractivity contribution in [2.75, 3.05) is 13.2 Å². The molecule has 2 rings (SSSR count). The summed E-state index contributed by atoms with van der Waals surface area (Å²) >= 11 is 0. The maximum atomic E-state index is 10.7. The third kappa shape index (κ3) is 3.51. The summed E-state index contributed by atoms with van der Waals surface area (Å²) < 4.78 is 10.7. The fourth-order valence-electron chi connectivity index (χ4n) is 1.98. The molecule has 6 nitrogen and oxygen atoms in total. The molecule has 1 fully saturated rings. The number of rotatable bonds is 5. The number of primary amides is 1. The summed E-state index contributed by atoms with van der Waals surface area (Å²) in [7, 11) is 0. The second-order valence-electron chi connectivity index (χ2n) is 4.43. The minimum absolute atomic E-state index is 0.290. The van der Waals surface area contributed by atoms with Crippen LogP contribution >= 0.6 is 0 Å². The third-order valence-electron chi connectivity index (χ3n) is 2.92. The molecule has 4 N–H and O–H groups in total. The summed E-state index contributed by atoms with van der Waals surface area (Å²) in [5, 5.41) is 19.7. The molecule has 0 radical (unpaired) electrons. The molecule has 104 valence electrons. The monoisotopic (exact) mass is 267 g/mol. The van der Waals surface area contributed by atoms with Gasteiger partial charge in [0.05, 0.1) is 25.7 Å². The first kappa shape index (κ1) is 14.0. The van der Waals surface area contributed by atoms with Crippen molar-refractivity contribution < 1.29 is 24.5 Å². The second kappa shape index (κ2) is 6.12. The lowest BCUT2D eigenvalue weighted by Gasteiger charge is -2.18. The van der Waals surface area contributed by atoms with Crippen molar-refractivity contribution in [3.05, 3.63) is 35.4 Å². The molecular weight excluding hydrogens is 250 g/mol. The van der Waals surface area contributed by atoms with Gasteiger partial charge in [-0.05, 0) is 11.6 Å². The van der Waals surface area contributed by atoms with Crippen LogP contribution in [0.4, 0.5) is 0 Å². The molecular formula is C13H17NO5. The Labute approximate surface area is 110 Å². The molecule has 19 heavy (non-hydrogen) atoms. The van der Waals surface area contributed by atoms with E-state index in [0.717, 1.165) is 5.56 Å². The number of aliphatic hydroxyl groups is 2. The van der Waals surface area contributed by atoms with Gasteiger partial charge in [0.1, 0.15) is 6.10 Å². The number of carbonyl (C=O) groups excluding carboxylic acids is 1. The largest absolute Gasteiger partial charge is 0.390 e. The fourth-order valence-corrected chi connectivity index (χ4v) is 1.98. The fraction of sp³-hybridized carbons (Fsp3) is 0.462. The molecule has 1 heterocycles. The summed E-state index contributed by atoms with van der Waals surface area (Å²) in [6.45, 7) is 1.06. The molecule has 1 aromatic carbocycles. The van der Waals surface area contributed by atoms with Crippen LogP contribution in [0.25, 0.3) is 0 Å². The molecule has 0 bridgehead atoms. The summed E-state index contributed by atoms with van der Waals surface area (Å²) in [5.74, 6) is -0.662. The molecule has 2 atom stereocenters. The van der Waals surface area contributed by atoms with Gasteiger partial charge in [-0.1, -0.05) is 18.2 Å². The van der Waals surface area contributed by atoms with E-state index in [1.54, 1.807) is 18.2 Å². The first-order valence-corrected chi connectivity index (χ1v) is 6.05. The van der Waals surface area contributed by atoms with Crippen molar-refractivity contribution in [1.29, 1.82) is 0 Å². The Morgan fingerprint density at radius 3 is 2.68 bits per heavy atom. The van der Waals surface area contributed by atoms with Gasteiger partial charge < -0.3 is 25.4 Å². The first-order valence-electron chi connectivity index (χ1n) is 6.05. The van der Waals surface area contributed by atoms with E-state index in [2.05, 4.69) is 0 Å². The van der Waals surface area contributed by atoms with Crippen molar-refractivity contribution in [2.45, 2.75) is 24.9 Å². The lowest BCUT2D eigenvalue weighted by atomic mass is 10.00. The SMILES string of the molecule is NC(=O)CC(O)C(O)c1cccc(C2OCCO2)c1. The molecule has 0 spiro atoms. The van der Waals surface area contributed by atoms with Crippen LogP contribution < -0.4 is 5.73 Å². The number of hydrogen-bond acceptors (Lipinski definition) is 5. The Morgan fingerprint density at radius 2 is 2.05 bits per heavy atom. The van der Waals surface area contributed by atoms with Crippen LogP contribution in [-0.4, -0.2) is 35.4 Å². The predicted octanol–water partition coefficient (Wildman–Crippen LogP) is 0.00170. The van der Waals surface area contributed by atoms with E-state index in [4.69, 9.17) is 15.2 Å². The number of aliphatic hydroxyl groups excluding tert-OH is 2. The number of carbonyl (C=O) groups is 1. The minimum atomic E-state index is -1.22. The van der Waals surface area contributed by atoms with Gasteiger partial charge in [0.25, 0.3) is 0 Å². The predicted molar refractivity (Wildman–Crippen MR) is 65.9 cm³/mol. The molecule has 0 aromatic heterocycles. The van der Waals surface area contributed by atoms with Gasteiger partial charge >= 0.3 is 0 Å². The highest BCUT2D eigenvalue weighted by molar-refractivity contribution is 5.74. The maximum absolute atomic E-state index is 10.7. The van der Waals surface area contributed by atoms with E-state index in [-0.39, 0.29) is 6.42 Å². The van der Waals surface area contributed by atoms with E-state index < -0.39 is 24.4 Å². The zero-order valence-electron chi connectivity index (χ0n) is 10.4. The Bertz CT molecular complexity index is 444. The van der Waals surface area contributed by atoms with Crippen LogP contribution in [0, 0.1) is 0 Å². The van der Waals surface area contributed by atoms with Gasteiger partial charge in [-0.2, -0.15) is 0 Å². The zero-order chi connectivity index (χ0) is 13.8. The smallest absolute Gasteiger partial charge is 0.220 e. The van der Waals surface area contributed by atoms with Crippen LogP contribution in [0.3, 0.4) is 0 Å². The van der Waals surface area contributed by atoms with E-state index >= 15 is 0 Å². The lowest BCUT2D eigenvalue weighted by molar-refractivity contribution is -0.121. The quantitative estimate of drug-likeness (QED) is 0.697. The molecule has 1 aromatic rings. The first-order chi connectivity index (χ1) is 9.08. The highest BCUT2D eigenvalue weighted by atomic mass is 16.7. The summed E-state index contributed by atoms with van der Waals surface area (Å²) in [4.78, 5) is 10.7. The van der Waals surface area contributed by atoms with Crippen LogP contribution in [-0.2, 0) is 14.3 Å². The topological polar surface area (TPSA) is 102 Å². The maximum Gasteiger partial charge on any atom is 0.220 e. The van der Waals surface area contributed by atoms with E-state index in [1.165, 1.54) is 0 Å². The van der Waals surface area contributed by atoms with Crippen LogP contribution in [0.5, 0.6) is 0 Å². The van der Waals surface area contributed by atoms with Crippen molar-refractivity contribution in [2.24, 2.45) is 5.73 Å². The van der Waals surface area contributed by atoms with E-state index in [9.17, 15) is 15.0 Å². The van der Waals surface area contributed by atoms with Crippen LogP contribution in [0.1, 0.15) is 29.9 Å². The Kier molecular flexibility index (Phi) is 4.49. The highest BCUT2D eigenvalue weighted by Crippen LogP contribution is 2.27. The molecule has 2 unspecified atom stereocenters. The van der Waals surface area contributed by atoms with Crippen LogP contribution in [0.15, 0.2) is 24.3 Å². The van der Waals surface area contributed by atoms with Crippen molar-refractivity contribution in [3.8, 4) is 0 Å². The van der Waals surface area contributed by atoms with E-state index in [0.29, 0.717) is 18.8 Å². The van der Waals surface area contributed by atoms with E-state index in [1.807, 2.05) is 6.07 Å². The molecule has 0 aliphatic carbocycles. The Balaban J connectivity index is 2.11. The number of ether oxygens (including phenoxy) is 2.